The molecule has 2 aromatic rings. The van der Waals surface area contributed by atoms with Gasteiger partial charge in [-0.25, -0.2) is 27.8 Å². The first-order valence-corrected chi connectivity index (χ1v) is 9.14. The van der Waals surface area contributed by atoms with Gasteiger partial charge in [0.05, 0.1) is 11.1 Å². The van der Waals surface area contributed by atoms with Crippen molar-refractivity contribution in [3.05, 3.63) is 28.9 Å². The predicted octanol–water partition coefficient (Wildman–Crippen LogP) is 1.28. The van der Waals surface area contributed by atoms with Gasteiger partial charge < -0.3 is 5.73 Å². The van der Waals surface area contributed by atoms with Gasteiger partial charge in [-0.3, -0.25) is 0 Å². The zero-order chi connectivity index (χ0) is 16.6. The number of nitrogens with zero attached hydrogens (tertiary/aromatic N) is 4. The summed E-state index contributed by atoms with van der Waals surface area (Å²) in [5.74, 6) is 1.24. The summed E-state index contributed by atoms with van der Waals surface area (Å²) >= 11 is 5.83. The van der Waals surface area contributed by atoms with E-state index >= 15 is 0 Å². The summed E-state index contributed by atoms with van der Waals surface area (Å²) in [6.45, 7) is 2.69. The van der Waals surface area contributed by atoms with Gasteiger partial charge >= 0.3 is 0 Å². The molecule has 124 valence electrons. The quantitative estimate of drug-likeness (QED) is 0.852. The van der Waals surface area contributed by atoms with Crippen molar-refractivity contribution in [1.29, 1.82) is 0 Å². The Kier molecular flexibility index (Phi) is 4.26. The fourth-order valence-electron chi connectivity index (χ4n) is 2.56. The van der Waals surface area contributed by atoms with E-state index in [4.69, 9.17) is 17.3 Å². The number of aryl methyl sites for hydroxylation is 2. The summed E-state index contributed by atoms with van der Waals surface area (Å²) < 4.78 is 29.6. The minimum Gasteiger partial charge on any atom is -0.383 e. The van der Waals surface area contributed by atoms with Crippen molar-refractivity contribution < 1.29 is 8.42 Å². The molecule has 1 aliphatic heterocycles. The van der Waals surface area contributed by atoms with Crippen LogP contribution < -0.4 is 10.5 Å². The number of fused-ring (bicyclic) bond motifs is 1. The first kappa shape index (κ1) is 16.2. The van der Waals surface area contributed by atoms with Gasteiger partial charge in [0, 0.05) is 19.2 Å². The molecule has 23 heavy (non-hydrogen) atoms. The molecule has 1 aliphatic rings. The Morgan fingerprint density at radius 2 is 2.30 bits per heavy atom. The third-order valence-electron chi connectivity index (χ3n) is 3.67. The number of halogens is 1. The van der Waals surface area contributed by atoms with Crippen molar-refractivity contribution in [2.24, 2.45) is 0 Å². The first-order chi connectivity index (χ1) is 10.9. The van der Waals surface area contributed by atoms with Crippen LogP contribution in [0, 0.1) is 0 Å². The molecule has 0 aliphatic carbocycles. The second-order valence-corrected chi connectivity index (χ2v) is 7.43. The number of hydrogen-bond acceptors (Lipinski definition) is 6. The van der Waals surface area contributed by atoms with Gasteiger partial charge in [0.25, 0.3) is 0 Å². The summed E-state index contributed by atoms with van der Waals surface area (Å²) in [5, 5.41) is 4.57. The zero-order valence-corrected chi connectivity index (χ0v) is 14.1. The van der Waals surface area contributed by atoms with Crippen LogP contribution in [0.2, 0.25) is 5.02 Å². The molecule has 0 fully saturated rings. The van der Waals surface area contributed by atoms with E-state index in [-0.39, 0.29) is 15.7 Å². The molecule has 0 radical (unpaired) electrons. The van der Waals surface area contributed by atoms with Crippen LogP contribution in [0.25, 0.3) is 0 Å². The summed E-state index contributed by atoms with van der Waals surface area (Å²) in [6.07, 6.45) is 3.47. The molecule has 10 heteroatoms. The highest BCUT2D eigenvalue weighted by atomic mass is 35.5. The second-order valence-electron chi connectivity index (χ2n) is 5.32. The Morgan fingerprint density at radius 1 is 1.52 bits per heavy atom. The predicted molar refractivity (Wildman–Crippen MR) is 85.4 cm³/mol. The number of rotatable bonds is 4. The minimum absolute atomic E-state index is 0.0894. The highest BCUT2D eigenvalue weighted by Crippen LogP contribution is 2.27. The Labute approximate surface area is 139 Å². The van der Waals surface area contributed by atoms with E-state index in [9.17, 15) is 8.42 Å². The SMILES string of the molecule is CCc1nc2n(n1)CCCC2NS(=O)(=O)c1cc(Cl)cnc1N. The summed E-state index contributed by atoms with van der Waals surface area (Å²) in [6, 6.07) is 0.844. The summed E-state index contributed by atoms with van der Waals surface area (Å²) in [5.41, 5.74) is 5.68. The van der Waals surface area contributed by atoms with E-state index < -0.39 is 16.1 Å². The van der Waals surface area contributed by atoms with E-state index in [2.05, 4.69) is 19.8 Å². The molecule has 3 N–H and O–H groups in total. The number of pyridine rings is 1. The van der Waals surface area contributed by atoms with Crippen LogP contribution in [0.15, 0.2) is 17.2 Å². The molecule has 0 bridgehead atoms. The summed E-state index contributed by atoms with van der Waals surface area (Å²) in [7, 11) is -3.86. The molecule has 0 spiro atoms. The maximum absolute atomic E-state index is 12.6. The Bertz CT molecular complexity index is 835. The number of sulfonamides is 1. The van der Waals surface area contributed by atoms with E-state index in [0.717, 1.165) is 13.0 Å². The van der Waals surface area contributed by atoms with Crippen LogP contribution in [0.4, 0.5) is 5.82 Å². The Hall–Kier alpha value is -1.71. The highest BCUT2D eigenvalue weighted by Gasteiger charge is 2.30. The van der Waals surface area contributed by atoms with Crippen LogP contribution in [-0.4, -0.2) is 28.2 Å². The lowest BCUT2D eigenvalue weighted by Gasteiger charge is -2.23. The van der Waals surface area contributed by atoms with E-state index in [0.29, 0.717) is 24.5 Å². The van der Waals surface area contributed by atoms with Gasteiger partial charge in [-0.1, -0.05) is 18.5 Å². The normalized spacial score (nSPS) is 17.9. The van der Waals surface area contributed by atoms with Crippen LogP contribution >= 0.6 is 11.6 Å². The zero-order valence-electron chi connectivity index (χ0n) is 12.5. The number of hydrogen-bond donors (Lipinski definition) is 2. The van der Waals surface area contributed by atoms with Gasteiger partial charge in [-0.05, 0) is 18.9 Å². The molecule has 0 saturated carbocycles. The maximum atomic E-state index is 12.6. The fourth-order valence-corrected chi connectivity index (χ4v) is 4.12. The third kappa shape index (κ3) is 3.17. The smallest absolute Gasteiger partial charge is 0.244 e. The minimum atomic E-state index is -3.86. The maximum Gasteiger partial charge on any atom is 0.244 e. The Balaban J connectivity index is 1.93. The Morgan fingerprint density at radius 3 is 3.04 bits per heavy atom. The average Bonchev–Trinajstić information content (AvgIpc) is 2.93. The number of nitrogens with two attached hydrogens (primary N) is 1. The molecule has 2 aromatic heterocycles. The molecular formula is C13H17ClN6O2S. The second kappa shape index (κ2) is 6.06. The molecule has 8 nitrogen and oxygen atoms in total. The number of aromatic nitrogens is 4. The number of nitrogen functional groups attached to an aromatic ring is 1. The van der Waals surface area contributed by atoms with Gasteiger partial charge in [0.15, 0.2) is 5.82 Å². The van der Waals surface area contributed by atoms with Crippen molar-refractivity contribution in [2.75, 3.05) is 5.73 Å². The largest absolute Gasteiger partial charge is 0.383 e. The molecule has 1 atom stereocenters. The van der Waals surface area contributed by atoms with E-state index in [1.807, 2.05) is 6.92 Å². The third-order valence-corrected chi connectivity index (χ3v) is 5.38. The topological polar surface area (TPSA) is 116 Å². The molecule has 3 heterocycles. The summed E-state index contributed by atoms with van der Waals surface area (Å²) in [4.78, 5) is 8.09. The van der Waals surface area contributed by atoms with Crippen molar-refractivity contribution in [3.8, 4) is 0 Å². The standard InChI is InChI=1S/C13H17ClN6O2S/c1-2-11-17-13-9(4-3-5-20(13)18-11)19-23(21,22)10-6-8(14)7-16-12(10)15/h6-7,9,19H,2-5H2,1H3,(H2,15,16). The van der Waals surface area contributed by atoms with Gasteiger partial charge in [0.2, 0.25) is 10.0 Å². The number of nitrogens with one attached hydrogen (secondary N) is 1. The monoisotopic (exact) mass is 356 g/mol. The van der Waals surface area contributed by atoms with Crippen molar-refractivity contribution >= 4 is 27.4 Å². The van der Waals surface area contributed by atoms with Crippen LogP contribution in [0.1, 0.15) is 37.5 Å². The van der Waals surface area contributed by atoms with Crippen molar-refractivity contribution in [2.45, 2.75) is 43.7 Å². The van der Waals surface area contributed by atoms with Crippen molar-refractivity contribution in [1.82, 2.24) is 24.5 Å². The molecule has 1 unspecified atom stereocenters. The average molecular weight is 357 g/mol. The molecule has 3 rings (SSSR count). The van der Waals surface area contributed by atoms with Gasteiger partial charge in [-0.2, -0.15) is 5.10 Å². The number of anilines is 1. The van der Waals surface area contributed by atoms with E-state index in [1.165, 1.54) is 12.3 Å². The molecule has 0 aromatic carbocycles. The lowest BCUT2D eigenvalue weighted by atomic mass is 10.1. The van der Waals surface area contributed by atoms with Crippen LogP contribution in [-0.2, 0) is 23.0 Å². The molecular weight excluding hydrogens is 340 g/mol. The highest BCUT2D eigenvalue weighted by molar-refractivity contribution is 7.89. The van der Waals surface area contributed by atoms with Gasteiger partial charge in [0.1, 0.15) is 16.5 Å². The van der Waals surface area contributed by atoms with Crippen LogP contribution in [0.3, 0.4) is 0 Å². The molecule has 0 amide bonds. The van der Waals surface area contributed by atoms with Gasteiger partial charge in [-0.15, -0.1) is 0 Å². The van der Waals surface area contributed by atoms with Crippen molar-refractivity contribution in [3.63, 3.8) is 0 Å². The lowest BCUT2D eigenvalue weighted by molar-refractivity contribution is 0.399. The molecule has 0 saturated heterocycles. The fraction of sp³-hybridized carbons (Fsp3) is 0.462. The van der Waals surface area contributed by atoms with E-state index in [1.54, 1.807) is 4.68 Å². The first-order valence-electron chi connectivity index (χ1n) is 7.27. The lowest BCUT2D eigenvalue weighted by Crippen LogP contribution is -2.33. The van der Waals surface area contributed by atoms with Crippen LogP contribution in [0.5, 0.6) is 0 Å².